The molecule has 1 aromatic heterocycles. The van der Waals surface area contributed by atoms with Gasteiger partial charge in [-0.3, -0.25) is 0 Å². The normalized spacial score (nSPS) is 11.9. The van der Waals surface area contributed by atoms with E-state index in [1.165, 1.54) is 17.4 Å². The van der Waals surface area contributed by atoms with Crippen LogP contribution in [0.5, 0.6) is 0 Å². The average Bonchev–Trinajstić information content (AvgIpc) is 2.87. The van der Waals surface area contributed by atoms with Gasteiger partial charge < -0.3 is 0 Å². The maximum absolute atomic E-state index is 13.4. The number of nitriles is 1. The molecule has 0 aliphatic carbocycles. The van der Waals surface area contributed by atoms with E-state index in [1.54, 1.807) is 18.2 Å². The average molecular weight is 343 g/mol. The highest BCUT2D eigenvalue weighted by atomic mass is 79.9. The summed E-state index contributed by atoms with van der Waals surface area (Å²) < 4.78 is 13.8. The predicted molar refractivity (Wildman–Crippen MR) is 76.7 cm³/mol. The highest BCUT2D eigenvalue weighted by Gasteiger charge is 2.11. The van der Waals surface area contributed by atoms with E-state index in [1.807, 2.05) is 11.4 Å². The molecule has 1 heterocycles. The highest BCUT2D eigenvalue weighted by Crippen LogP contribution is 2.32. The Bertz CT molecular complexity index is 644. The number of thiophene rings is 1. The summed E-state index contributed by atoms with van der Waals surface area (Å²) in [5.74, 6) is -0.408. The molecule has 0 unspecified atom stereocenters. The predicted octanol–water partition coefficient (Wildman–Crippen LogP) is 5.28. The zero-order valence-corrected chi connectivity index (χ0v) is 12.1. The van der Waals surface area contributed by atoms with E-state index < -0.39 is 5.82 Å². The zero-order chi connectivity index (χ0) is 13.1. The standard InChI is InChI=1S/C13H6BrClFNS/c14-10-4-3-8(6-11(10)16)13(15)9(7-17)12-2-1-5-18-12/h1-6H/b13-9-. The Labute approximate surface area is 121 Å². The van der Waals surface area contributed by atoms with E-state index in [-0.39, 0.29) is 5.03 Å². The molecule has 1 nitrogen and oxygen atoms in total. The smallest absolute Gasteiger partial charge is 0.138 e. The summed E-state index contributed by atoms with van der Waals surface area (Å²) >= 11 is 10.7. The van der Waals surface area contributed by atoms with Crippen LogP contribution in [0.2, 0.25) is 0 Å². The molecule has 0 amide bonds. The first kappa shape index (κ1) is 13.3. The Balaban J connectivity index is 2.54. The second-order valence-electron chi connectivity index (χ2n) is 3.41. The summed E-state index contributed by atoms with van der Waals surface area (Å²) in [6.07, 6.45) is 0. The van der Waals surface area contributed by atoms with Gasteiger partial charge in [0.05, 0.1) is 15.1 Å². The van der Waals surface area contributed by atoms with Gasteiger partial charge in [0.2, 0.25) is 0 Å². The number of rotatable bonds is 2. The molecule has 0 atom stereocenters. The van der Waals surface area contributed by atoms with Crippen LogP contribution in [-0.2, 0) is 0 Å². The fourth-order valence-electron chi connectivity index (χ4n) is 1.41. The van der Waals surface area contributed by atoms with Gasteiger partial charge in [-0.15, -0.1) is 11.3 Å². The minimum atomic E-state index is -0.408. The van der Waals surface area contributed by atoms with Gasteiger partial charge in [-0.1, -0.05) is 23.7 Å². The van der Waals surface area contributed by atoms with Crippen LogP contribution in [0.15, 0.2) is 40.2 Å². The highest BCUT2D eigenvalue weighted by molar-refractivity contribution is 9.10. The van der Waals surface area contributed by atoms with Crippen molar-refractivity contribution in [3.8, 4) is 6.07 Å². The summed E-state index contributed by atoms with van der Waals surface area (Å²) in [4.78, 5) is 0.769. The minimum Gasteiger partial charge on any atom is -0.206 e. The van der Waals surface area contributed by atoms with E-state index in [4.69, 9.17) is 16.9 Å². The van der Waals surface area contributed by atoms with Gasteiger partial charge in [-0.2, -0.15) is 5.26 Å². The summed E-state index contributed by atoms with van der Waals surface area (Å²) in [6, 6.07) is 10.2. The number of halogens is 3. The lowest BCUT2D eigenvalue weighted by Gasteiger charge is -2.03. The Morgan fingerprint density at radius 2 is 2.17 bits per heavy atom. The van der Waals surface area contributed by atoms with Crippen molar-refractivity contribution in [2.24, 2.45) is 0 Å². The lowest BCUT2D eigenvalue weighted by Crippen LogP contribution is -1.86. The number of allylic oxidation sites excluding steroid dienone is 1. The minimum absolute atomic E-state index is 0.256. The molecule has 0 aliphatic rings. The molecule has 0 N–H and O–H groups in total. The molecule has 18 heavy (non-hydrogen) atoms. The first-order chi connectivity index (χ1) is 8.63. The van der Waals surface area contributed by atoms with Crippen molar-refractivity contribution in [3.63, 3.8) is 0 Å². The summed E-state index contributed by atoms with van der Waals surface area (Å²) in [5, 5.41) is 11.3. The Morgan fingerprint density at radius 1 is 1.39 bits per heavy atom. The van der Waals surface area contributed by atoms with Gasteiger partial charge in [0.25, 0.3) is 0 Å². The molecule has 0 bridgehead atoms. The van der Waals surface area contributed by atoms with Crippen LogP contribution in [0.3, 0.4) is 0 Å². The Morgan fingerprint density at radius 3 is 2.72 bits per heavy atom. The number of hydrogen-bond acceptors (Lipinski definition) is 2. The van der Waals surface area contributed by atoms with E-state index in [2.05, 4.69) is 22.0 Å². The third-order valence-corrected chi connectivity index (χ3v) is 4.21. The van der Waals surface area contributed by atoms with Crippen molar-refractivity contribution < 1.29 is 4.39 Å². The first-order valence-corrected chi connectivity index (χ1v) is 6.97. The molecule has 0 radical (unpaired) electrons. The van der Waals surface area contributed by atoms with Gasteiger partial charge in [0, 0.05) is 4.88 Å². The van der Waals surface area contributed by atoms with E-state index in [0.717, 1.165) is 4.88 Å². The molecular formula is C13H6BrClFNS. The van der Waals surface area contributed by atoms with Crippen LogP contribution >= 0.6 is 38.9 Å². The van der Waals surface area contributed by atoms with Crippen LogP contribution < -0.4 is 0 Å². The fraction of sp³-hybridized carbons (Fsp3) is 0. The summed E-state index contributed by atoms with van der Waals surface area (Å²) in [7, 11) is 0. The second-order valence-corrected chi connectivity index (χ2v) is 5.59. The van der Waals surface area contributed by atoms with Crippen molar-refractivity contribution in [1.82, 2.24) is 0 Å². The summed E-state index contributed by atoms with van der Waals surface area (Å²) in [6.45, 7) is 0. The Hall–Kier alpha value is -1.15. The van der Waals surface area contributed by atoms with Gasteiger partial charge in [0.15, 0.2) is 0 Å². The van der Waals surface area contributed by atoms with Crippen molar-refractivity contribution in [2.75, 3.05) is 0 Å². The molecule has 2 aromatic rings. The maximum atomic E-state index is 13.4. The molecule has 5 heteroatoms. The van der Waals surface area contributed by atoms with Gasteiger partial charge in [0.1, 0.15) is 11.9 Å². The van der Waals surface area contributed by atoms with Crippen molar-refractivity contribution >= 4 is 49.5 Å². The SMILES string of the molecule is N#C/C(=C(/Cl)c1ccc(Br)c(F)c1)c1cccs1. The Kier molecular flexibility index (Phi) is 4.18. The lowest BCUT2D eigenvalue weighted by atomic mass is 10.1. The topological polar surface area (TPSA) is 23.8 Å². The first-order valence-electron chi connectivity index (χ1n) is 4.92. The lowest BCUT2D eigenvalue weighted by molar-refractivity contribution is 0.621. The number of hydrogen-bond donors (Lipinski definition) is 0. The maximum Gasteiger partial charge on any atom is 0.138 e. The van der Waals surface area contributed by atoms with Crippen LogP contribution in [0.4, 0.5) is 4.39 Å². The van der Waals surface area contributed by atoms with Crippen molar-refractivity contribution in [3.05, 3.63) is 56.4 Å². The van der Waals surface area contributed by atoms with E-state index in [0.29, 0.717) is 15.6 Å². The van der Waals surface area contributed by atoms with Crippen molar-refractivity contribution in [1.29, 1.82) is 5.26 Å². The molecule has 0 saturated carbocycles. The molecule has 2 rings (SSSR count). The van der Waals surface area contributed by atoms with Crippen LogP contribution in [0.25, 0.3) is 10.6 Å². The fourth-order valence-corrected chi connectivity index (χ4v) is 2.70. The van der Waals surface area contributed by atoms with E-state index in [9.17, 15) is 4.39 Å². The van der Waals surface area contributed by atoms with E-state index >= 15 is 0 Å². The molecular weight excluding hydrogens is 337 g/mol. The monoisotopic (exact) mass is 341 g/mol. The second kappa shape index (κ2) is 5.66. The molecule has 0 spiro atoms. The number of benzene rings is 1. The van der Waals surface area contributed by atoms with Gasteiger partial charge in [-0.25, -0.2) is 4.39 Å². The molecule has 0 aliphatic heterocycles. The van der Waals surface area contributed by atoms with Crippen molar-refractivity contribution in [2.45, 2.75) is 0 Å². The third-order valence-electron chi connectivity index (χ3n) is 2.27. The van der Waals surface area contributed by atoms with Crippen LogP contribution in [0.1, 0.15) is 10.4 Å². The third kappa shape index (κ3) is 2.64. The van der Waals surface area contributed by atoms with Crippen LogP contribution in [0, 0.1) is 17.1 Å². The largest absolute Gasteiger partial charge is 0.206 e. The van der Waals surface area contributed by atoms with Gasteiger partial charge >= 0.3 is 0 Å². The van der Waals surface area contributed by atoms with Gasteiger partial charge in [-0.05, 0) is 45.1 Å². The number of nitrogens with zero attached hydrogens (tertiary/aromatic N) is 1. The molecule has 0 fully saturated rings. The summed E-state index contributed by atoms with van der Waals surface area (Å²) in [5.41, 5.74) is 0.843. The molecule has 90 valence electrons. The quantitative estimate of drug-likeness (QED) is 0.681. The molecule has 1 aromatic carbocycles. The molecule has 0 saturated heterocycles. The van der Waals surface area contributed by atoms with Crippen LogP contribution in [-0.4, -0.2) is 0 Å². The zero-order valence-electron chi connectivity index (χ0n) is 8.95.